The lowest BCUT2D eigenvalue weighted by molar-refractivity contribution is -0.136. The number of benzene rings is 2. The van der Waals surface area contributed by atoms with E-state index in [1.165, 1.54) is 18.6 Å². The molecule has 0 radical (unpaired) electrons. The van der Waals surface area contributed by atoms with Crippen molar-refractivity contribution < 1.29 is 23.9 Å². The number of rotatable bonds is 3. The molecule has 0 saturated heterocycles. The molecule has 36 heavy (non-hydrogen) atoms. The molecule has 3 aromatic rings. The Bertz CT molecular complexity index is 1660. The SMILES string of the molecule is COC(=O)C1=C(C)N=c2sc(=C3C(=O)N(C(C)=O)c4ccccc43)c(=O)n2[C@H]1c1ccc(OC)cc1. The molecule has 0 saturated carbocycles. The van der Waals surface area contributed by atoms with Gasteiger partial charge in [-0.3, -0.25) is 19.0 Å². The Morgan fingerprint density at radius 3 is 2.36 bits per heavy atom. The van der Waals surface area contributed by atoms with Crippen LogP contribution in [-0.4, -0.2) is 36.6 Å². The van der Waals surface area contributed by atoms with Crippen LogP contribution in [0.15, 0.2) is 69.6 Å². The fourth-order valence-corrected chi connectivity index (χ4v) is 5.73. The van der Waals surface area contributed by atoms with Gasteiger partial charge in [0.25, 0.3) is 11.5 Å². The second-order valence-electron chi connectivity index (χ2n) is 8.22. The summed E-state index contributed by atoms with van der Waals surface area (Å²) in [5, 5.41) is 0. The zero-order valence-electron chi connectivity index (χ0n) is 19.9. The first-order valence-electron chi connectivity index (χ1n) is 11.0. The molecule has 3 heterocycles. The van der Waals surface area contributed by atoms with Gasteiger partial charge in [-0.15, -0.1) is 0 Å². The Kier molecular flexibility index (Phi) is 5.68. The smallest absolute Gasteiger partial charge is 0.338 e. The minimum absolute atomic E-state index is 0.138. The predicted molar refractivity (Wildman–Crippen MR) is 132 cm³/mol. The number of esters is 1. The summed E-state index contributed by atoms with van der Waals surface area (Å²) in [7, 11) is 2.82. The maximum atomic E-state index is 13.9. The van der Waals surface area contributed by atoms with E-state index in [4.69, 9.17) is 9.47 Å². The van der Waals surface area contributed by atoms with Gasteiger partial charge in [0.05, 0.1) is 42.8 Å². The number of methoxy groups -OCH3 is 2. The molecule has 182 valence electrons. The summed E-state index contributed by atoms with van der Waals surface area (Å²) in [6.45, 7) is 2.98. The number of anilines is 1. The van der Waals surface area contributed by atoms with Crippen molar-refractivity contribution in [2.45, 2.75) is 19.9 Å². The van der Waals surface area contributed by atoms with E-state index in [1.807, 2.05) is 0 Å². The average molecular weight is 504 g/mol. The van der Waals surface area contributed by atoms with Gasteiger partial charge in [0.1, 0.15) is 10.3 Å². The number of allylic oxidation sites excluding steroid dienone is 1. The number of para-hydroxylation sites is 1. The van der Waals surface area contributed by atoms with Gasteiger partial charge >= 0.3 is 5.97 Å². The zero-order valence-corrected chi connectivity index (χ0v) is 20.7. The van der Waals surface area contributed by atoms with Crippen molar-refractivity contribution in [2.24, 2.45) is 4.99 Å². The monoisotopic (exact) mass is 503 g/mol. The molecule has 0 fully saturated rings. The van der Waals surface area contributed by atoms with Crippen molar-refractivity contribution in [1.29, 1.82) is 0 Å². The molecule has 5 rings (SSSR count). The van der Waals surface area contributed by atoms with Crippen molar-refractivity contribution in [2.75, 3.05) is 19.1 Å². The highest BCUT2D eigenvalue weighted by Crippen LogP contribution is 2.36. The number of imide groups is 1. The molecule has 1 atom stereocenters. The number of hydrogen-bond acceptors (Lipinski definition) is 8. The van der Waals surface area contributed by atoms with Gasteiger partial charge in [0.15, 0.2) is 4.80 Å². The molecule has 2 amide bonds. The lowest BCUT2D eigenvalue weighted by Crippen LogP contribution is -2.41. The number of aromatic nitrogens is 1. The minimum Gasteiger partial charge on any atom is -0.497 e. The number of nitrogens with zero attached hydrogens (tertiary/aromatic N) is 3. The van der Waals surface area contributed by atoms with Crippen LogP contribution in [0.3, 0.4) is 0 Å². The van der Waals surface area contributed by atoms with Gasteiger partial charge in [-0.25, -0.2) is 14.7 Å². The summed E-state index contributed by atoms with van der Waals surface area (Å²) in [6, 6.07) is 13.0. The predicted octanol–water partition coefficient (Wildman–Crippen LogP) is 1.68. The summed E-state index contributed by atoms with van der Waals surface area (Å²) < 4.78 is 11.8. The van der Waals surface area contributed by atoms with E-state index in [9.17, 15) is 19.2 Å². The molecule has 0 aliphatic carbocycles. The fourth-order valence-electron chi connectivity index (χ4n) is 4.59. The molecule has 0 unspecified atom stereocenters. The molecular formula is C26H21N3O6S. The molecule has 10 heteroatoms. The number of carbonyl (C=O) groups excluding carboxylic acids is 3. The minimum atomic E-state index is -0.829. The normalized spacial score (nSPS) is 17.9. The Morgan fingerprint density at radius 1 is 1.03 bits per heavy atom. The largest absolute Gasteiger partial charge is 0.497 e. The van der Waals surface area contributed by atoms with Gasteiger partial charge in [0, 0.05) is 12.5 Å². The highest BCUT2D eigenvalue weighted by molar-refractivity contribution is 7.07. The van der Waals surface area contributed by atoms with Crippen LogP contribution in [0.4, 0.5) is 5.69 Å². The van der Waals surface area contributed by atoms with E-state index in [0.29, 0.717) is 33.1 Å². The third-order valence-corrected chi connectivity index (χ3v) is 7.26. The molecule has 0 spiro atoms. The second-order valence-corrected chi connectivity index (χ2v) is 9.20. The van der Waals surface area contributed by atoms with Crippen LogP contribution in [0.25, 0.3) is 5.57 Å². The molecule has 0 N–H and O–H groups in total. The maximum Gasteiger partial charge on any atom is 0.338 e. The van der Waals surface area contributed by atoms with Crippen molar-refractivity contribution in [3.8, 4) is 5.75 Å². The van der Waals surface area contributed by atoms with Crippen LogP contribution in [0.2, 0.25) is 0 Å². The Balaban J connectivity index is 1.83. The van der Waals surface area contributed by atoms with E-state index in [-0.39, 0.29) is 15.7 Å². The van der Waals surface area contributed by atoms with Crippen LogP contribution < -0.4 is 24.5 Å². The van der Waals surface area contributed by atoms with E-state index < -0.39 is 29.4 Å². The summed E-state index contributed by atoms with van der Waals surface area (Å²) >= 11 is 1.05. The van der Waals surface area contributed by atoms with Crippen LogP contribution in [0.5, 0.6) is 5.75 Å². The van der Waals surface area contributed by atoms with E-state index in [2.05, 4.69) is 4.99 Å². The molecule has 1 aromatic heterocycles. The first-order chi connectivity index (χ1) is 17.3. The highest BCUT2D eigenvalue weighted by atomic mass is 32.1. The lowest BCUT2D eigenvalue weighted by Gasteiger charge is -2.24. The molecule has 9 nitrogen and oxygen atoms in total. The summed E-state index contributed by atoms with van der Waals surface area (Å²) in [5.41, 5.74) is 1.84. The van der Waals surface area contributed by atoms with Crippen LogP contribution in [0, 0.1) is 0 Å². The van der Waals surface area contributed by atoms with Gasteiger partial charge in [-0.05, 0) is 30.7 Å². The van der Waals surface area contributed by atoms with Crippen molar-refractivity contribution >= 4 is 40.4 Å². The number of carbonyl (C=O) groups is 3. The Morgan fingerprint density at radius 2 is 1.72 bits per heavy atom. The van der Waals surface area contributed by atoms with Gasteiger partial charge in [-0.1, -0.05) is 41.7 Å². The number of fused-ring (bicyclic) bond motifs is 2. The average Bonchev–Trinajstić information content (AvgIpc) is 3.35. The standard InChI is InChI=1S/C26H21N3O6S/c1-13-19(25(33)35-4)21(15-9-11-16(34-3)12-10-15)29-24(32)22(36-26(29)27-13)20-17-7-5-6-8-18(17)28(14(2)30)23(20)31/h5-12,21H,1-4H3/t21-/m0/s1. The van der Waals surface area contributed by atoms with E-state index >= 15 is 0 Å². The first-order valence-corrected chi connectivity index (χ1v) is 11.8. The van der Waals surface area contributed by atoms with Crippen molar-refractivity contribution in [3.63, 3.8) is 0 Å². The Labute approximate surface area is 209 Å². The highest BCUT2D eigenvalue weighted by Gasteiger charge is 2.38. The van der Waals surface area contributed by atoms with Crippen molar-refractivity contribution in [3.05, 3.63) is 90.6 Å². The van der Waals surface area contributed by atoms with Gasteiger partial charge in [0.2, 0.25) is 5.91 Å². The van der Waals surface area contributed by atoms with Gasteiger partial charge < -0.3 is 9.47 Å². The number of thiazole rings is 1. The lowest BCUT2D eigenvalue weighted by atomic mass is 9.96. The molecule has 0 bridgehead atoms. The number of ether oxygens (including phenoxy) is 2. The molecule has 2 aliphatic rings. The summed E-state index contributed by atoms with van der Waals surface area (Å²) in [6.07, 6.45) is 0. The molecule has 2 aliphatic heterocycles. The van der Waals surface area contributed by atoms with Crippen LogP contribution in [-0.2, 0) is 19.1 Å². The summed E-state index contributed by atoms with van der Waals surface area (Å²) in [5.74, 6) is -1.01. The van der Waals surface area contributed by atoms with Crippen LogP contribution in [0.1, 0.15) is 31.0 Å². The fraction of sp³-hybridized carbons (Fsp3) is 0.192. The zero-order chi connectivity index (χ0) is 25.7. The number of amides is 2. The number of hydrogen-bond donors (Lipinski definition) is 0. The van der Waals surface area contributed by atoms with Crippen LogP contribution >= 0.6 is 11.3 Å². The second kappa shape index (κ2) is 8.72. The third-order valence-electron chi connectivity index (χ3n) is 6.21. The van der Waals surface area contributed by atoms with Crippen molar-refractivity contribution in [1.82, 2.24) is 4.57 Å². The summed E-state index contributed by atoms with van der Waals surface area (Å²) in [4.78, 5) is 58.3. The molecular weight excluding hydrogens is 482 g/mol. The van der Waals surface area contributed by atoms with E-state index in [1.54, 1.807) is 62.6 Å². The first kappa shape index (κ1) is 23.4. The van der Waals surface area contributed by atoms with E-state index in [0.717, 1.165) is 16.2 Å². The Hall–Kier alpha value is -4.31. The topological polar surface area (TPSA) is 107 Å². The quantitative estimate of drug-likeness (QED) is 0.504. The third kappa shape index (κ3) is 3.41. The maximum absolute atomic E-state index is 13.9. The molecule has 2 aromatic carbocycles. The van der Waals surface area contributed by atoms with Gasteiger partial charge in [-0.2, -0.15) is 0 Å².